The molecule has 18 heavy (non-hydrogen) atoms. The van der Waals surface area contributed by atoms with E-state index in [2.05, 4.69) is 18.7 Å². The van der Waals surface area contributed by atoms with E-state index in [1.807, 2.05) is 11.8 Å². The summed E-state index contributed by atoms with van der Waals surface area (Å²) in [6.45, 7) is 8.06. The fourth-order valence-corrected chi connectivity index (χ4v) is 4.18. The van der Waals surface area contributed by atoms with Crippen molar-refractivity contribution < 1.29 is 9.84 Å². The second-order valence-electron chi connectivity index (χ2n) is 5.86. The molecule has 0 aromatic heterocycles. The first-order valence-electron chi connectivity index (χ1n) is 7.27. The number of thioether (sulfide) groups is 1. The van der Waals surface area contributed by atoms with E-state index in [1.54, 1.807) is 0 Å². The van der Waals surface area contributed by atoms with E-state index < -0.39 is 5.60 Å². The van der Waals surface area contributed by atoms with Gasteiger partial charge >= 0.3 is 0 Å². The lowest BCUT2D eigenvalue weighted by molar-refractivity contribution is -0.0652. The molecule has 4 heteroatoms. The molecule has 0 spiro atoms. The van der Waals surface area contributed by atoms with Gasteiger partial charge < -0.3 is 9.84 Å². The van der Waals surface area contributed by atoms with Crippen molar-refractivity contribution in [3.8, 4) is 0 Å². The minimum Gasteiger partial charge on any atom is -0.388 e. The molecule has 3 nitrogen and oxygen atoms in total. The molecule has 2 fully saturated rings. The SMILES string of the molecule is CC(C)SC[C@H](N1CCOCC1)C1(O)CCCC1. The number of aliphatic hydroxyl groups is 1. The first kappa shape index (κ1) is 14.6. The zero-order valence-corrected chi connectivity index (χ0v) is 12.5. The van der Waals surface area contributed by atoms with Crippen molar-refractivity contribution in [1.82, 2.24) is 4.90 Å². The summed E-state index contributed by atoms with van der Waals surface area (Å²) in [6.07, 6.45) is 4.33. The zero-order chi connectivity index (χ0) is 13.0. The predicted octanol–water partition coefficient (Wildman–Crippen LogP) is 2.13. The smallest absolute Gasteiger partial charge is 0.0810 e. The standard InChI is InChI=1S/C14H27NO2S/c1-12(2)18-11-13(14(16)5-3-4-6-14)15-7-9-17-10-8-15/h12-13,16H,3-11H2,1-2H3/t13-/m0/s1. The third-order valence-electron chi connectivity index (χ3n) is 4.16. The number of morpholine rings is 1. The van der Waals surface area contributed by atoms with Crippen LogP contribution in [0.3, 0.4) is 0 Å². The van der Waals surface area contributed by atoms with Gasteiger partial charge in [-0.15, -0.1) is 0 Å². The van der Waals surface area contributed by atoms with Crippen LogP contribution < -0.4 is 0 Å². The summed E-state index contributed by atoms with van der Waals surface area (Å²) >= 11 is 1.98. The Morgan fingerprint density at radius 2 is 1.83 bits per heavy atom. The van der Waals surface area contributed by atoms with Crippen LogP contribution in [0, 0.1) is 0 Å². The van der Waals surface area contributed by atoms with Gasteiger partial charge in [0.05, 0.1) is 18.8 Å². The fourth-order valence-electron chi connectivity index (χ4n) is 3.09. The Kier molecular flexibility index (Phi) is 5.36. The molecule has 0 aromatic carbocycles. The molecule has 1 saturated heterocycles. The van der Waals surface area contributed by atoms with Crippen molar-refractivity contribution in [1.29, 1.82) is 0 Å². The molecule has 1 aliphatic carbocycles. The molecule has 0 unspecified atom stereocenters. The first-order chi connectivity index (χ1) is 8.62. The summed E-state index contributed by atoms with van der Waals surface area (Å²) in [4.78, 5) is 2.46. The van der Waals surface area contributed by atoms with E-state index in [0.717, 1.165) is 44.9 Å². The van der Waals surface area contributed by atoms with E-state index in [9.17, 15) is 5.11 Å². The van der Waals surface area contributed by atoms with Gasteiger partial charge in [-0.3, -0.25) is 4.90 Å². The van der Waals surface area contributed by atoms with E-state index in [4.69, 9.17) is 4.74 Å². The van der Waals surface area contributed by atoms with Gasteiger partial charge in [0, 0.05) is 24.9 Å². The number of ether oxygens (including phenoxy) is 1. The van der Waals surface area contributed by atoms with Crippen LogP contribution in [-0.4, -0.2) is 59.0 Å². The molecule has 1 atom stereocenters. The lowest BCUT2D eigenvalue weighted by Crippen LogP contribution is -2.56. The molecule has 1 heterocycles. The largest absolute Gasteiger partial charge is 0.388 e. The Labute approximate surface area is 115 Å². The van der Waals surface area contributed by atoms with E-state index in [1.165, 1.54) is 12.8 Å². The summed E-state index contributed by atoms with van der Waals surface area (Å²) in [5, 5.41) is 11.6. The average Bonchev–Trinajstić information content (AvgIpc) is 2.78. The minimum atomic E-state index is -0.445. The normalized spacial score (nSPS) is 26.7. The quantitative estimate of drug-likeness (QED) is 0.832. The summed E-state index contributed by atoms with van der Waals surface area (Å²) in [6, 6.07) is 0.316. The van der Waals surface area contributed by atoms with Crippen LogP contribution in [0.1, 0.15) is 39.5 Å². The second-order valence-corrected chi connectivity index (χ2v) is 7.47. The van der Waals surface area contributed by atoms with Crippen molar-refractivity contribution in [2.45, 2.75) is 56.4 Å². The molecule has 0 radical (unpaired) electrons. The maximum absolute atomic E-state index is 10.9. The predicted molar refractivity (Wildman–Crippen MR) is 77.2 cm³/mol. The van der Waals surface area contributed by atoms with Crippen LogP contribution in [-0.2, 0) is 4.74 Å². The molecule has 0 bridgehead atoms. The third-order valence-corrected chi connectivity index (χ3v) is 5.34. The Bertz CT molecular complexity index is 248. The lowest BCUT2D eigenvalue weighted by atomic mass is 9.92. The Hall–Kier alpha value is 0.230. The van der Waals surface area contributed by atoms with Gasteiger partial charge in [-0.1, -0.05) is 26.7 Å². The van der Waals surface area contributed by atoms with Gasteiger partial charge in [0.25, 0.3) is 0 Å². The highest BCUT2D eigenvalue weighted by molar-refractivity contribution is 7.99. The van der Waals surface area contributed by atoms with Crippen LogP contribution in [0.25, 0.3) is 0 Å². The van der Waals surface area contributed by atoms with Crippen LogP contribution >= 0.6 is 11.8 Å². The Balaban J connectivity index is 2.01. The van der Waals surface area contributed by atoms with Gasteiger partial charge in [-0.2, -0.15) is 11.8 Å². The number of rotatable bonds is 5. The van der Waals surface area contributed by atoms with Crippen molar-refractivity contribution in [2.24, 2.45) is 0 Å². The fraction of sp³-hybridized carbons (Fsp3) is 1.00. The molecule has 2 aliphatic rings. The summed E-state index contributed by atoms with van der Waals surface area (Å²) in [5.74, 6) is 1.05. The third kappa shape index (κ3) is 3.62. The molecular formula is C14H27NO2S. The van der Waals surface area contributed by atoms with Crippen LogP contribution in [0.5, 0.6) is 0 Å². The number of nitrogens with zero attached hydrogens (tertiary/aromatic N) is 1. The molecule has 1 saturated carbocycles. The zero-order valence-electron chi connectivity index (χ0n) is 11.7. The number of hydrogen-bond acceptors (Lipinski definition) is 4. The van der Waals surface area contributed by atoms with Crippen molar-refractivity contribution >= 4 is 11.8 Å². The topological polar surface area (TPSA) is 32.7 Å². The minimum absolute atomic E-state index is 0.316. The average molecular weight is 273 g/mol. The number of hydrogen-bond donors (Lipinski definition) is 1. The monoisotopic (exact) mass is 273 g/mol. The van der Waals surface area contributed by atoms with Gasteiger partial charge in [-0.05, 0) is 18.1 Å². The maximum atomic E-state index is 10.9. The summed E-state index contributed by atoms with van der Waals surface area (Å²) < 4.78 is 5.44. The first-order valence-corrected chi connectivity index (χ1v) is 8.32. The van der Waals surface area contributed by atoms with Gasteiger partial charge in [0.2, 0.25) is 0 Å². The van der Waals surface area contributed by atoms with E-state index in [0.29, 0.717) is 11.3 Å². The summed E-state index contributed by atoms with van der Waals surface area (Å²) in [7, 11) is 0. The molecule has 1 aliphatic heterocycles. The highest BCUT2D eigenvalue weighted by atomic mass is 32.2. The van der Waals surface area contributed by atoms with Crippen LogP contribution in [0.4, 0.5) is 0 Å². The Morgan fingerprint density at radius 3 is 2.39 bits per heavy atom. The molecule has 2 rings (SSSR count). The van der Waals surface area contributed by atoms with Crippen LogP contribution in [0.2, 0.25) is 0 Å². The molecule has 1 N–H and O–H groups in total. The Morgan fingerprint density at radius 1 is 1.22 bits per heavy atom. The molecule has 0 amide bonds. The van der Waals surface area contributed by atoms with E-state index >= 15 is 0 Å². The molecule has 106 valence electrons. The van der Waals surface area contributed by atoms with Crippen molar-refractivity contribution in [3.63, 3.8) is 0 Å². The summed E-state index contributed by atoms with van der Waals surface area (Å²) in [5.41, 5.74) is -0.445. The second kappa shape index (κ2) is 6.60. The van der Waals surface area contributed by atoms with E-state index in [-0.39, 0.29) is 0 Å². The van der Waals surface area contributed by atoms with Gasteiger partial charge in [-0.25, -0.2) is 0 Å². The van der Waals surface area contributed by atoms with Gasteiger partial charge in [0.15, 0.2) is 0 Å². The lowest BCUT2D eigenvalue weighted by Gasteiger charge is -2.42. The molecule has 0 aromatic rings. The van der Waals surface area contributed by atoms with Crippen molar-refractivity contribution in [3.05, 3.63) is 0 Å². The van der Waals surface area contributed by atoms with Crippen LogP contribution in [0.15, 0.2) is 0 Å². The highest BCUT2D eigenvalue weighted by Gasteiger charge is 2.42. The molecular weight excluding hydrogens is 246 g/mol. The van der Waals surface area contributed by atoms with Gasteiger partial charge in [0.1, 0.15) is 0 Å². The van der Waals surface area contributed by atoms with Crippen molar-refractivity contribution in [2.75, 3.05) is 32.1 Å². The maximum Gasteiger partial charge on any atom is 0.0810 e. The highest BCUT2D eigenvalue weighted by Crippen LogP contribution is 2.36.